The van der Waals surface area contributed by atoms with Gasteiger partial charge in [0.15, 0.2) is 17.2 Å². The minimum atomic E-state index is -0.528. The van der Waals surface area contributed by atoms with Crippen LogP contribution in [0.5, 0.6) is 11.5 Å². The van der Waals surface area contributed by atoms with Crippen molar-refractivity contribution in [3.8, 4) is 11.5 Å². The standard InChI is InChI=1S/C24H17BrFNO4/c1-29-21-10-7-16(12-22(21)30-14-15-5-8-19(26)9-6-15)11-20-24(28)31-23(27-20)17-3-2-4-18(25)13-17/h2-13H,14H2,1H3/b20-11-. The van der Waals surface area contributed by atoms with Crippen molar-refractivity contribution in [2.45, 2.75) is 6.61 Å². The van der Waals surface area contributed by atoms with E-state index in [0.717, 1.165) is 10.0 Å². The fraction of sp³-hybridized carbons (Fsp3) is 0.0833. The van der Waals surface area contributed by atoms with Crippen molar-refractivity contribution >= 4 is 33.9 Å². The maximum Gasteiger partial charge on any atom is 0.363 e. The fourth-order valence-electron chi connectivity index (χ4n) is 2.95. The van der Waals surface area contributed by atoms with Crippen LogP contribution in [0.25, 0.3) is 6.08 Å². The molecule has 3 aromatic rings. The zero-order valence-electron chi connectivity index (χ0n) is 16.5. The Kier molecular flexibility index (Phi) is 6.13. The number of cyclic esters (lactones) is 1. The van der Waals surface area contributed by atoms with Gasteiger partial charge in [-0.05, 0) is 59.7 Å². The second-order valence-electron chi connectivity index (χ2n) is 6.67. The molecule has 1 heterocycles. The largest absolute Gasteiger partial charge is 0.493 e. The zero-order valence-corrected chi connectivity index (χ0v) is 18.1. The molecule has 3 aromatic carbocycles. The Hall–Kier alpha value is -3.45. The van der Waals surface area contributed by atoms with Crippen LogP contribution in [0.3, 0.4) is 0 Å². The Morgan fingerprint density at radius 2 is 1.87 bits per heavy atom. The Balaban J connectivity index is 1.57. The van der Waals surface area contributed by atoms with Gasteiger partial charge in [0.05, 0.1) is 7.11 Å². The first kappa shape index (κ1) is 20.8. The summed E-state index contributed by atoms with van der Waals surface area (Å²) in [5.41, 5.74) is 2.39. The molecule has 0 N–H and O–H groups in total. The lowest BCUT2D eigenvalue weighted by molar-refractivity contribution is -0.129. The van der Waals surface area contributed by atoms with Crippen molar-refractivity contribution in [2.75, 3.05) is 7.11 Å². The quantitative estimate of drug-likeness (QED) is 0.343. The number of carbonyl (C=O) groups is 1. The van der Waals surface area contributed by atoms with Gasteiger partial charge in [-0.2, -0.15) is 0 Å². The maximum absolute atomic E-state index is 13.1. The van der Waals surface area contributed by atoms with Gasteiger partial charge < -0.3 is 14.2 Å². The number of aliphatic imine (C=N–C) groups is 1. The van der Waals surface area contributed by atoms with Crippen molar-refractivity contribution in [3.63, 3.8) is 0 Å². The molecule has 0 atom stereocenters. The van der Waals surface area contributed by atoms with Gasteiger partial charge in [-0.15, -0.1) is 0 Å². The summed E-state index contributed by atoms with van der Waals surface area (Å²) >= 11 is 3.40. The molecule has 0 aromatic heterocycles. The predicted octanol–water partition coefficient (Wildman–Crippen LogP) is 5.52. The van der Waals surface area contributed by atoms with Gasteiger partial charge in [0.25, 0.3) is 0 Å². The molecule has 0 spiro atoms. The molecular weight excluding hydrogens is 465 g/mol. The minimum Gasteiger partial charge on any atom is -0.493 e. The molecule has 0 bridgehead atoms. The lowest BCUT2D eigenvalue weighted by Crippen LogP contribution is -2.05. The summed E-state index contributed by atoms with van der Waals surface area (Å²) in [4.78, 5) is 16.6. The lowest BCUT2D eigenvalue weighted by Gasteiger charge is -2.11. The average Bonchev–Trinajstić information content (AvgIpc) is 3.14. The number of esters is 1. The van der Waals surface area contributed by atoms with Crippen LogP contribution in [0.1, 0.15) is 16.7 Å². The van der Waals surface area contributed by atoms with E-state index in [4.69, 9.17) is 14.2 Å². The van der Waals surface area contributed by atoms with E-state index in [1.165, 1.54) is 12.1 Å². The highest BCUT2D eigenvalue weighted by molar-refractivity contribution is 9.10. The molecule has 0 amide bonds. The molecule has 0 fully saturated rings. The monoisotopic (exact) mass is 481 g/mol. The summed E-state index contributed by atoms with van der Waals surface area (Å²) in [5.74, 6) is 0.444. The second-order valence-corrected chi connectivity index (χ2v) is 7.59. The van der Waals surface area contributed by atoms with Gasteiger partial charge in [-0.1, -0.05) is 40.2 Å². The van der Waals surface area contributed by atoms with E-state index in [-0.39, 0.29) is 24.0 Å². The Labute approximate surface area is 186 Å². The van der Waals surface area contributed by atoms with Crippen LogP contribution in [0.15, 0.2) is 81.9 Å². The SMILES string of the molecule is COc1ccc(/C=C2\N=C(c3cccc(Br)c3)OC2=O)cc1OCc1ccc(F)cc1. The number of hydrogen-bond donors (Lipinski definition) is 0. The van der Waals surface area contributed by atoms with Crippen LogP contribution in [-0.2, 0) is 16.1 Å². The first-order valence-electron chi connectivity index (χ1n) is 9.35. The van der Waals surface area contributed by atoms with Gasteiger partial charge in [-0.25, -0.2) is 14.2 Å². The summed E-state index contributed by atoms with van der Waals surface area (Å²) in [6.07, 6.45) is 1.62. The molecule has 31 heavy (non-hydrogen) atoms. The first-order chi connectivity index (χ1) is 15.0. The second kappa shape index (κ2) is 9.14. The lowest BCUT2D eigenvalue weighted by atomic mass is 10.1. The van der Waals surface area contributed by atoms with Gasteiger partial charge >= 0.3 is 5.97 Å². The number of ether oxygens (including phenoxy) is 3. The van der Waals surface area contributed by atoms with Gasteiger partial charge in [0.2, 0.25) is 5.90 Å². The van der Waals surface area contributed by atoms with Crippen molar-refractivity contribution < 1.29 is 23.4 Å². The summed E-state index contributed by atoms with van der Waals surface area (Å²) in [6.45, 7) is 0.240. The number of halogens is 2. The van der Waals surface area contributed by atoms with E-state index >= 15 is 0 Å². The molecule has 0 saturated carbocycles. The van der Waals surface area contributed by atoms with E-state index < -0.39 is 5.97 Å². The van der Waals surface area contributed by atoms with Crippen LogP contribution < -0.4 is 9.47 Å². The van der Waals surface area contributed by atoms with Crippen molar-refractivity contribution in [2.24, 2.45) is 4.99 Å². The number of rotatable bonds is 6. The molecule has 4 rings (SSSR count). The van der Waals surface area contributed by atoms with Crippen molar-refractivity contribution in [1.29, 1.82) is 0 Å². The van der Waals surface area contributed by atoms with E-state index in [1.807, 2.05) is 24.3 Å². The Morgan fingerprint density at radius 3 is 2.61 bits per heavy atom. The predicted molar refractivity (Wildman–Crippen MR) is 118 cm³/mol. The third kappa shape index (κ3) is 5.00. The van der Waals surface area contributed by atoms with Crippen LogP contribution in [0.4, 0.5) is 4.39 Å². The smallest absolute Gasteiger partial charge is 0.363 e. The number of hydrogen-bond acceptors (Lipinski definition) is 5. The molecule has 0 saturated heterocycles. The van der Waals surface area contributed by atoms with Crippen LogP contribution in [0.2, 0.25) is 0 Å². The molecular formula is C24H17BrFNO4. The molecule has 5 nitrogen and oxygen atoms in total. The number of benzene rings is 3. The highest BCUT2D eigenvalue weighted by Gasteiger charge is 2.24. The Morgan fingerprint density at radius 1 is 1.06 bits per heavy atom. The molecule has 1 aliphatic heterocycles. The maximum atomic E-state index is 13.1. The minimum absolute atomic E-state index is 0.185. The van der Waals surface area contributed by atoms with Gasteiger partial charge in [0.1, 0.15) is 12.4 Å². The summed E-state index contributed by atoms with van der Waals surface area (Å²) < 4.78 is 30.5. The van der Waals surface area contributed by atoms with Crippen molar-refractivity contribution in [1.82, 2.24) is 0 Å². The highest BCUT2D eigenvalue weighted by Crippen LogP contribution is 2.30. The Bertz CT molecular complexity index is 1190. The summed E-state index contributed by atoms with van der Waals surface area (Å²) in [6, 6.07) is 18.7. The van der Waals surface area contributed by atoms with Crippen LogP contribution in [0, 0.1) is 5.82 Å². The van der Waals surface area contributed by atoms with Crippen molar-refractivity contribution in [3.05, 3.63) is 99.4 Å². The number of methoxy groups -OCH3 is 1. The molecule has 0 unspecified atom stereocenters. The summed E-state index contributed by atoms with van der Waals surface area (Å²) in [5, 5.41) is 0. The average molecular weight is 482 g/mol. The van der Waals surface area contributed by atoms with E-state index in [2.05, 4.69) is 20.9 Å². The third-order valence-electron chi connectivity index (χ3n) is 4.49. The fourth-order valence-corrected chi connectivity index (χ4v) is 3.35. The van der Waals surface area contributed by atoms with Crippen LogP contribution >= 0.6 is 15.9 Å². The molecule has 7 heteroatoms. The highest BCUT2D eigenvalue weighted by atomic mass is 79.9. The van der Waals surface area contributed by atoms with E-state index in [0.29, 0.717) is 22.6 Å². The third-order valence-corrected chi connectivity index (χ3v) is 4.98. The van der Waals surface area contributed by atoms with Crippen LogP contribution in [-0.4, -0.2) is 19.0 Å². The van der Waals surface area contributed by atoms with E-state index in [1.54, 1.807) is 43.5 Å². The number of carbonyl (C=O) groups excluding carboxylic acids is 1. The summed E-state index contributed by atoms with van der Waals surface area (Å²) in [7, 11) is 1.54. The number of nitrogens with zero attached hydrogens (tertiary/aromatic N) is 1. The van der Waals surface area contributed by atoms with Gasteiger partial charge in [0, 0.05) is 10.0 Å². The van der Waals surface area contributed by atoms with Gasteiger partial charge in [-0.3, -0.25) is 0 Å². The van der Waals surface area contributed by atoms with E-state index in [9.17, 15) is 9.18 Å². The molecule has 1 aliphatic rings. The molecule has 156 valence electrons. The topological polar surface area (TPSA) is 57.1 Å². The first-order valence-corrected chi connectivity index (χ1v) is 10.1. The molecule has 0 radical (unpaired) electrons. The molecule has 0 aliphatic carbocycles. The normalized spacial score (nSPS) is 14.4. The zero-order chi connectivity index (χ0) is 21.8.